The van der Waals surface area contributed by atoms with E-state index in [2.05, 4.69) is 4.72 Å². The maximum Gasteiger partial charge on any atom is 0.240 e. The molecule has 0 aromatic heterocycles. The van der Waals surface area contributed by atoms with Crippen molar-refractivity contribution < 1.29 is 13.2 Å². The van der Waals surface area contributed by atoms with Gasteiger partial charge in [0.15, 0.2) is 0 Å². The van der Waals surface area contributed by atoms with Crippen LogP contribution in [0.1, 0.15) is 23.6 Å². The summed E-state index contributed by atoms with van der Waals surface area (Å²) in [5, 5.41) is 0. The Morgan fingerprint density at radius 3 is 2.32 bits per heavy atom. The third-order valence-corrected chi connectivity index (χ3v) is 5.66. The van der Waals surface area contributed by atoms with Crippen LogP contribution in [0.2, 0.25) is 0 Å². The summed E-state index contributed by atoms with van der Waals surface area (Å²) < 4.78 is 27.5. The van der Waals surface area contributed by atoms with Crippen LogP contribution in [-0.4, -0.2) is 27.4 Å². The number of nitrogens with one attached hydrogen (secondary N) is 1. The Bertz CT molecular complexity index is 876. The molecule has 25 heavy (non-hydrogen) atoms. The van der Waals surface area contributed by atoms with Gasteiger partial charge in [-0.2, -0.15) is 0 Å². The van der Waals surface area contributed by atoms with Crippen LogP contribution in [0, 0.1) is 20.8 Å². The number of benzene rings is 2. The molecule has 0 radical (unpaired) electrons. The molecule has 1 amide bonds. The second-order valence-electron chi connectivity index (χ2n) is 6.12. The van der Waals surface area contributed by atoms with Gasteiger partial charge in [-0.15, -0.1) is 0 Å². The predicted octanol–water partition coefficient (Wildman–Crippen LogP) is 2.94. The molecule has 0 heterocycles. The summed E-state index contributed by atoms with van der Waals surface area (Å²) in [7, 11) is -3.60. The Morgan fingerprint density at radius 2 is 1.72 bits per heavy atom. The first-order valence-electron chi connectivity index (χ1n) is 8.13. The first kappa shape index (κ1) is 19.1. The fourth-order valence-electron chi connectivity index (χ4n) is 2.78. The van der Waals surface area contributed by atoms with Gasteiger partial charge in [-0.3, -0.25) is 4.79 Å². The summed E-state index contributed by atoms with van der Waals surface area (Å²) in [5.41, 5.74) is 3.59. The largest absolute Gasteiger partial charge is 0.311 e. The average molecular weight is 360 g/mol. The van der Waals surface area contributed by atoms with E-state index in [-0.39, 0.29) is 23.9 Å². The van der Waals surface area contributed by atoms with Gasteiger partial charge in [0.2, 0.25) is 15.9 Å². The van der Waals surface area contributed by atoms with Crippen molar-refractivity contribution in [3.05, 3.63) is 59.2 Å². The molecule has 6 heteroatoms. The van der Waals surface area contributed by atoms with Gasteiger partial charge in [-0.05, 0) is 44.0 Å². The number of aryl methyl sites for hydroxylation is 3. The van der Waals surface area contributed by atoms with Gasteiger partial charge < -0.3 is 4.90 Å². The van der Waals surface area contributed by atoms with Crippen molar-refractivity contribution in [1.82, 2.24) is 4.72 Å². The number of sulfonamides is 1. The highest BCUT2D eigenvalue weighted by Crippen LogP contribution is 2.21. The van der Waals surface area contributed by atoms with E-state index in [0.717, 1.165) is 16.8 Å². The molecule has 1 N–H and O–H groups in total. The second-order valence-corrected chi connectivity index (χ2v) is 7.86. The molecule has 0 aliphatic carbocycles. The minimum absolute atomic E-state index is 0.123. The van der Waals surface area contributed by atoms with Gasteiger partial charge in [0.1, 0.15) is 0 Å². The molecule has 0 spiro atoms. The van der Waals surface area contributed by atoms with Crippen molar-refractivity contribution in [2.24, 2.45) is 0 Å². The molecular formula is C19H24N2O3S. The first-order chi connectivity index (χ1) is 11.7. The molecule has 2 aromatic carbocycles. The molecule has 0 fully saturated rings. The summed E-state index contributed by atoms with van der Waals surface area (Å²) >= 11 is 0. The highest BCUT2D eigenvalue weighted by molar-refractivity contribution is 7.89. The van der Waals surface area contributed by atoms with Crippen molar-refractivity contribution in [2.75, 3.05) is 18.0 Å². The Morgan fingerprint density at radius 1 is 1.04 bits per heavy atom. The molecule has 134 valence electrons. The number of hydrogen-bond acceptors (Lipinski definition) is 3. The summed E-state index contributed by atoms with van der Waals surface area (Å²) in [6, 6.07) is 12.7. The third kappa shape index (κ3) is 4.67. The van der Waals surface area contributed by atoms with Gasteiger partial charge in [-0.25, -0.2) is 13.1 Å². The summed E-state index contributed by atoms with van der Waals surface area (Å²) in [6.07, 6.45) is 0. The van der Waals surface area contributed by atoms with Crippen molar-refractivity contribution in [3.8, 4) is 0 Å². The molecule has 0 atom stereocenters. The smallest absolute Gasteiger partial charge is 0.240 e. The highest BCUT2D eigenvalue weighted by atomic mass is 32.2. The summed E-state index contributed by atoms with van der Waals surface area (Å²) in [5.74, 6) is -0.123. The molecule has 0 bridgehead atoms. The fourth-order valence-corrected chi connectivity index (χ4v) is 4.05. The van der Waals surface area contributed by atoms with Gasteiger partial charge in [0, 0.05) is 25.7 Å². The van der Waals surface area contributed by atoms with Crippen LogP contribution in [0.3, 0.4) is 0 Å². The maximum absolute atomic E-state index is 12.4. The molecule has 0 saturated carbocycles. The minimum Gasteiger partial charge on any atom is -0.311 e. The van der Waals surface area contributed by atoms with Gasteiger partial charge >= 0.3 is 0 Å². The Kier molecular flexibility index (Phi) is 5.98. The molecule has 0 saturated heterocycles. The predicted molar refractivity (Wildman–Crippen MR) is 100 cm³/mol. The van der Waals surface area contributed by atoms with E-state index in [1.54, 1.807) is 36.1 Å². The number of carbonyl (C=O) groups excluding carboxylic acids is 1. The van der Waals surface area contributed by atoms with Crippen LogP contribution >= 0.6 is 0 Å². The molecule has 0 aliphatic heterocycles. The van der Waals surface area contributed by atoms with Crippen LogP contribution < -0.4 is 9.62 Å². The Hall–Kier alpha value is -2.18. The Balaban J connectivity index is 2.12. The molecule has 5 nitrogen and oxygen atoms in total. The SMILES string of the molecule is CC(=O)N(CCNS(=O)(=O)c1ccccc1C)c1ccc(C)cc1C. The van der Waals surface area contributed by atoms with E-state index < -0.39 is 10.0 Å². The highest BCUT2D eigenvalue weighted by Gasteiger charge is 2.18. The van der Waals surface area contributed by atoms with E-state index in [0.29, 0.717) is 5.56 Å². The summed E-state index contributed by atoms with van der Waals surface area (Å²) in [4.78, 5) is 13.9. The van der Waals surface area contributed by atoms with E-state index >= 15 is 0 Å². The number of anilines is 1. The average Bonchev–Trinajstić information content (AvgIpc) is 2.52. The lowest BCUT2D eigenvalue weighted by atomic mass is 10.1. The topological polar surface area (TPSA) is 66.5 Å². The van der Waals surface area contributed by atoms with Crippen LogP contribution in [0.25, 0.3) is 0 Å². The normalized spacial score (nSPS) is 11.4. The molecular weight excluding hydrogens is 336 g/mol. The minimum atomic E-state index is -3.60. The zero-order valence-corrected chi connectivity index (χ0v) is 15.9. The molecule has 2 rings (SSSR count). The van der Waals surface area contributed by atoms with Gasteiger partial charge in [-0.1, -0.05) is 35.9 Å². The fraction of sp³-hybridized carbons (Fsp3) is 0.316. The van der Waals surface area contributed by atoms with Crippen molar-refractivity contribution in [2.45, 2.75) is 32.6 Å². The van der Waals surface area contributed by atoms with Crippen LogP contribution in [-0.2, 0) is 14.8 Å². The number of nitrogens with zero attached hydrogens (tertiary/aromatic N) is 1. The molecule has 2 aromatic rings. The lowest BCUT2D eigenvalue weighted by Crippen LogP contribution is -2.38. The van der Waals surface area contributed by atoms with E-state index in [1.807, 2.05) is 32.0 Å². The van der Waals surface area contributed by atoms with Gasteiger partial charge in [0.25, 0.3) is 0 Å². The first-order valence-corrected chi connectivity index (χ1v) is 9.61. The van der Waals surface area contributed by atoms with Crippen molar-refractivity contribution in [3.63, 3.8) is 0 Å². The maximum atomic E-state index is 12.4. The summed E-state index contributed by atoms with van der Waals surface area (Å²) in [6.45, 7) is 7.58. The van der Waals surface area contributed by atoms with Crippen LogP contribution in [0.5, 0.6) is 0 Å². The standard InChI is InChI=1S/C19H24N2O3S/c1-14-9-10-18(16(3)13-14)21(17(4)22)12-11-20-25(23,24)19-8-6-5-7-15(19)2/h5-10,13,20H,11-12H2,1-4H3. The van der Waals surface area contributed by atoms with Gasteiger partial charge in [0.05, 0.1) is 4.90 Å². The third-order valence-electron chi connectivity index (χ3n) is 4.03. The zero-order valence-electron chi connectivity index (χ0n) is 15.0. The van der Waals surface area contributed by atoms with Crippen LogP contribution in [0.15, 0.2) is 47.4 Å². The molecule has 0 unspecified atom stereocenters. The number of amides is 1. The van der Waals surface area contributed by atoms with E-state index in [9.17, 15) is 13.2 Å². The molecule has 0 aliphatic rings. The van der Waals surface area contributed by atoms with Crippen LogP contribution in [0.4, 0.5) is 5.69 Å². The lowest BCUT2D eigenvalue weighted by molar-refractivity contribution is -0.116. The lowest BCUT2D eigenvalue weighted by Gasteiger charge is -2.23. The van der Waals surface area contributed by atoms with E-state index in [4.69, 9.17) is 0 Å². The van der Waals surface area contributed by atoms with Crippen molar-refractivity contribution >= 4 is 21.6 Å². The number of hydrogen-bond donors (Lipinski definition) is 1. The Labute approximate surface area is 149 Å². The quantitative estimate of drug-likeness (QED) is 0.861. The zero-order chi connectivity index (χ0) is 18.6. The second kappa shape index (κ2) is 7.80. The van der Waals surface area contributed by atoms with Crippen molar-refractivity contribution in [1.29, 1.82) is 0 Å². The number of rotatable bonds is 6. The van der Waals surface area contributed by atoms with E-state index in [1.165, 1.54) is 6.92 Å². The number of carbonyl (C=O) groups is 1. The monoisotopic (exact) mass is 360 g/mol.